The molecule has 7 heteroatoms. The van der Waals surface area contributed by atoms with Gasteiger partial charge in [0.2, 0.25) is 0 Å². The van der Waals surface area contributed by atoms with Crippen molar-refractivity contribution in [1.29, 1.82) is 0 Å². The van der Waals surface area contributed by atoms with Crippen LogP contribution < -0.4 is 25.3 Å². The number of nitrogens with two attached hydrogens (primary N) is 1. The zero-order valence-electron chi connectivity index (χ0n) is 14.2. The highest BCUT2D eigenvalue weighted by Crippen LogP contribution is 2.36. The minimum atomic E-state index is -0.580. The zero-order chi connectivity index (χ0) is 18.2. The maximum Gasteiger partial charge on any atom is 0.255 e. The number of primary amides is 1. The summed E-state index contributed by atoms with van der Waals surface area (Å²) in [5, 5.41) is 3.70. The summed E-state index contributed by atoms with van der Waals surface area (Å²) < 4.78 is 15.7. The summed E-state index contributed by atoms with van der Waals surface area (Å²) >= 11 is 6.23. The van der Waals surface area contributed by atoms with E-state index < -0.39 is 5.91 Å². The number of carbonyl (C=O) groups is 1. The molecule has 0 unspecified atom stereocenters. The molecule has 134 valence electrons. The maximum atomic E-state index is 10.9. The van der Waals surface area contributed by atoms with E-state index in [-0.39, 0.29) is 6.61 Å². The van der Waals surface area contributed by atoms with Gasteiger partial charge in [0.15, 0.2) is 18.1 Å². The molecular weight excluding hydrogens is 344 g/mol. The van der Waals surface area contributed by atoms with E-state index in [0.717, 1.165) is 16.9 Å². The summed E-state index contributed by atoms with van der Waals surface area (Å²) in [7, 11) is 3.15. The van der Waals surface area contributed by atoms with Crippen molar-refractivity contribution in [2.45, 2.75) is 13.1 Å². The van der Waals surface area contributed by atoms with Crippen LogP contribution in [0.5, 0.6) is 17.2 Å². The van der Waals surface area contributed by atoms with Crippen molar-refractivity contribution in [3.63, 3.8) is 0 Å². The number of nitrogens with one attached hydrogen (secondary N) is 1. The van der Waals surface area contributed by atoms with Crippen LogP contribution in [0.25, 0.3) is 0 Å². The molecule has 0 heterocycles. The van der Waals surface area contributed by atoms with Gasteiger partial charge in [-0.25, -0.2) is 0 Å². The van der Waals surface area contributed by atoms with Crippen LogP contribution in [0, 0.1) is 0 Å². The highest BCUT2D eigenvalue weighted by atomic mass is 35.5. The lowest BCUT2D eigenvalue weighted by Crippen LogP contribution is -2.20. The molecular formula is C18H21ClN2O4. The van der Waals surface area contributed by atoms with Crippen LogP contribution >= 0.6 is 11.6 Å². The molecule has 0 radical (unpaired) electrons. The first-order valence-corrected chi connectivity index (χ1v) is 8.02. The summed E-state index contributed by atoms with van der Waals surface area (Å²) in [4.78, 5) is 10.9. The predicted molar refractivity (Wildman–Crippen MR) is 96.2 cm³/mol. The van der Waals surface area contributed by atoms with Crippen LogP contribution in [0.3, 0.4) is 0 Å². The minimum Gasteiger partial charge on any atom is -0.497 e. The van der Waals surface area contributed by atoms with Gasteiger partial charge in [0.25, 0.3) is 5.91 Å². The summed E-state index contributed by atoms with van der Waals surface area (Å²) in [6.45, 7) is 1.03. The number of rotatable bonds is 9. The van der Waals surface area contributed by atoms with Gasteiger partial charge >= 0.3 is 0 Å². The lowest BCUT2D eigenvalue weighted by atomic mass is 10.1. The van der Waals surface area contributed by atoms with E-state index in [2.05, 4.69) is 5.32 Å². The first-order chi connectivity index (χ1) is 12.0. The first-order valence-electron chi connectivity index (χ1n) is 7.64. The van der Waals surface area contributed by atoms with Gasteiger partial charge in [-0.2, -0.15) is 0 Å². The summed E-state index contributed by atoms with van der Waals surface area (Å²) in [5.41, 5.74) is 7.16. The van der Waals surface area contributed by atoms with Crippen molar-refractivity contribution < 1.29 is 19.0 Å². The molecule has 0 aliphatic rings. The summed E-state index contributed by atoms with van der Waals surface area (Å²) in [5.74, 6) is 1.01. The molecule has 1 amide bonds. The average molecular weight is 365 g/mol. The predicted octanol–water partition coefficient (Wildman–Crippen LogP) is 2.51. The highest BCUT2D eigenvalue weighted by molar-refractivity contribution is 6.32. The fourth-order valence-corrected chi connectivity index (χ4v) is 2.54. The minimum absolute atomic E-state index is 0.259. The van der Waals surface area contributed by atoms with Gasteiger partial charge in [-0.1, -0.05) is 23.7 Å². The molecule has 2 aromatic carbocycles. The number of carbonyl (C=O) groups excluding carboxylic acids is 1. The van der Waals surface area contributed by atoms with Gasteiger partial charge in [-0.3, -0.25) is 4.79 Å². The molecule has 6 nitrogen and oxygen atoms in total. The van der Waals surface area contributed by atoms with Gasteiger partial charge in [-0.15, -0.1) is 0 Å². The number of methoxy groups -OCH3 is 2. The molecule has 0 aliphatic carbocycles. The van der Waals surface area contributed by atoms with Gasteiger partial charge < -0.3 is 25.3 Å². The second-order valence-corrected chi connectivity index (χ2v) is 5.72. The quantitative estimate of drug-likeness (QED) is 0.714. The van der Waals surface area contributed by atoms with Crippen molar-refractivity contribution in [3.05, 3.63) is 52.5 Å². The molecule has 0 saturated heterocycles. The number of ether oxygens (including phenoxy) is 3. The van der Waals surface area contributed by atoms with E-state index in [9.17, 15) is 4.79 Å². The van der Waals surface area contributed by atoms with Crippen molar-refractivity contribution in [3.8, 4) is 17.2 Å². The van der Waals surface area contributed by atoms with Crippen molar-refractivity contribution >= 4 is 17.5 Å². The number of benzene rings is 2. The second-order valence-electron chi connectivity index (χ2n) is 5.32. The van der Waals surface area contributed by atoms with Crippen molar-refractivity contribution in [2.24, 2.45) is 5.73 Å². The van der Waals surface area contributed by atoms with Crippen LogP contribution in [0.2, 0.25) is 5.02 Å². The molecule has 25 heavy (non-hydrogen) atoms. The number of amides is 1. The van der Waals surface area contributed by atoms with Crippen LogP contribution in [0.1, 0.15) is 11.1 Å². The standard InChI is InChI=1S/C18H21ClN2O4/c1-23-14-5-3-12(4-6-14)9-21-10-13-7-15(19)18(16(8-13)24-2)25-11-17(20)22/h3-8,21H,9-11H2,1-2H3,(H2,20,22). The van der Waals surface area contributed by atoms with Crippen molar-refractivity contribution in [2.75, 3.05) is 20.8 Å². The lowest BCUT2D eigenvalue weighted by Gasteiger charge is -2.14. The summed E-state index contributed by atoms with van der Waals surface area (Å²) in [6.07, 6.45) is 0. The Hall–Kier alpha value is -2.44. The fraction of sp³-hybridized carbons (Fsp3) is 0.278. The molecule has 0 atom stereocenters. The number of hydrogen-bond acceptors (Lipinski definition) is 5. The Labute approximate surface area is 151 Å². The molecule has 0 aliphatic heterocycles. The Morgan fingerprint density at radius 1 is 1.08 bits per heavy atom. The van der Waals surface area contributed by atoms with E-state index >= 15 is 0 Å². The van der Waals surface area contributed by atoms with Crippen LogP contribution in [-0.4, -0.2) is 26.7 Å². The first kappa shape index (κ1) is 18.9. The normalized spacial score (nSPS) is 10.4. The van der Waals surface area contributed by atoms with E-state index in [0.29, 0.717) is 29.6 Å². The molecule has 3 N–H and O–H groups in total. The molecule has 0 fully saturated rings. The van der Waals surface area contributed by atoms with E-state index in [4.69, 9.17) is 31.5 Å². The Kier molecular flexibility index (Phi) is 6.91. The van der Waals surface area contributed by atoms with Crippen molar-refractivity contribution in [1.82, 2.24) is 5.32 Å². The maximum absolute atomic E-state index is 10.9. The monoisotopic (exact) mass is 364 g/mol. The third-order valence-corrected chi connectivity index (χ3v) is 3.75. The second kappa shape index (κ2) is 9.15. The van der Waals surface area contributed by atoms with Gasteiger partial charge in [0.05, 0.1) is 19.2 Å². The zero-order valence-corrected chi connectivity index (χ0v) is 14.9. The van der Waals surface area contributed by atoms with Gasteiger partial charge in [-0.05, 0) is 35.4 Å². The van der Waals surface area contributed by atoms with E-state index in [1.165, 1.54) is 7.11 Å². The van der Waals surface area contributed by atoms with Crippen LogP contribution in [0.4, 0.5) is 0 Å². The third-order valence-electron chi connectivity index (χ3n) is 3.47. The van der Waals surface area contributed by atoms with E-state index in [1.807, 2.05) is 30.3 Å². The molecule has 0 spiro atoms. The van der Waals surface area contributed by atoms with E-state index in [1.54, 1.807) is 13.2 Å². The molecule has 2 aromatic rings. The lowest BCUT2D eigenvalue weighted by molar-refractivity contribution is -0.119. The number of halogens is 1. The smallest absolute Gasteiger partial charge is 0.255 e. The highest BCUT2D eigenvalue weighted by Gasteiger charge is 2.13. The molecule has 0 aromatic heterocycles. The van der Waals surface area contributed by atoms with Gasteiger partial charge in [0.1, 0.15) is 5.75 Å². The molecule has 2 rings (SSSR count). The Bertz CT molecular complexity index is 720. The van der Waals surface area contributed by atoms with Crippen LogP contribution in [0.15, 0.2) is 36.4 Å². The fourth-order valence-electron chi connectivity index (χ4n) is 2.25. The van der Waals surface area contributed by atoms with Gasteiger partial charge in [0, 0.05) is 13.1 Å². The topological polar surface area (TPSA) is 82.8 Å². The SMILES string of the molecule is COc1ccc(CNCc2cc(Cl)c(OCC(N)=O)c(OC)c2)cc1. The number of hydrogen-bond donors (Lipinski definition) is 2. The van der Waals surface area contributed by atoms with Crippen LogP contribution in [-0.2, 0) is 17.9 Å². The Balaban J connectivity index is 1.99. The largest absolute Gasteiger partial charge is 0.497 e. The Morgan fingerprint density at radius 3 is 2.36 bits per heavy atom. The Morgan fingerprint density at radius 2 is 1.76 bits per heavy atom. The summed E-state index contributed by atoms with van der Waals surface area (Å²) in [6, 6.07) is 11.4. The molecule has 0 saturated carbocycles. The third kappa shape index (κ3) is 5.55. The molecule has 0 bridgehead atoms. The average Bonchev–Trinajstić information content (AvgIpc) is 2.60.